The maximum absolute atomic E-state index is 12.4. The number of benzene rings is 2. The van der Waals surface area contributed by atoms with Crippen LogP contribution in [0.1, 0.15) is 64.4 Å². The van der Waals surface area contributed by atoms with Crippen molar-refractivity contribution in [2.75, 3.05) is 0 Å². The van der Waals surface area contributed by atoms with Crippen molar-refractivity contribution in [2.45, 2.75) is 65.7 Å². The van der Waals surface area contributed by atoms with Crippen molar-refractivity contribution in [3.05, 3.63) is 54.1 Å². The van der Waals surface area contributed by atoms with Crippen molar-refractivity contribution in [1.82, 2.24) is 0 Å². The lowest BCUT2D eigenvalue weighted by Crippen LogP contribution is -2.11. The van der Waals surface area contributed by atoms with E-state index >= 15 is 0 Å². The van der Waals surface area contributed by atoms with Crippen LogP contribution in [-0.2, 0) is 4.79 Å². The quantitative estimate of drug-likeness (QED) is 0.262. The second-order valence-corrected chi connectivity index (χ2v) is 7.10. The molecule has 0 aliphatic rings. The number of ether oxygens (including phenoxy) is 1. The van der Waals surface area contributed by atoms with E-state index in [9.17, 15) is 4.79 Å². The lowest BCUT2D eigenvalue weighted by atomic mass is 9.94. The van der Waals surface area contributed by atoms with Crippen molar-refractivity contribution in [1.29, 1.82) is 0 Å². The first kappa shape index (κ1) is 20.2. The SMILES string of the molecule is CCCCCC(CC)CCC(=O)Oc1cccc(C)c1-c1ccccc1. The molecule has 0 aromatic heterocycles. The van der Waals surface area contributed by atoms with Gasteiger partial charge in [-0.1, -0.05) is 88.4 Å². The monoisotopic (exact) mass is 352 g/mol. The summed E-state index contributed by atoms with van der Waals surface area (Å²) in [5.41, 5.74) is 3.21. The zero-order valence-electron chi connectivity index (χ0n) is 16.5. The second kappa shape index (κ2) is 10.8. The van der Waals surface area contributed by atoms with Gasteiger partial charge in [0, 0.05) is 12.0 Å². The molecule has 1 atom stereocenters. The predicted molar refractivity (Wildman–Crippen MR) is 109 cm³/mol. The van der Waals surface area contributed by atoms with Crippen LogP contribution in [0, 0.1) is 12.8 Å². The fraction of sp³-hybridized carbons (Fsp3) is 0.458. The van der Waals surface area contributed by atoms with Crippen LogP contribution in [-0.4, -0.2) is 5.97 Å². The molecule has 2 aromatic rings. The summed E-state index contributed by atoms with van der Waals surface area (Å²) in [6.07, 6.45) is 7.56. The number of carbonyl (C=O) groups excluding carboxylic acids is 1. The average Bonchev–Trinajstić information content (AvgIpc) is 2.65. The minimum Gasteiger partial charge on any atom is -0.426 e. The van der Waals surface area contributed by atoms with Crippen LogP contribution < -0.4 is 4.74 Å². The smallest absolute Gasteiger partial charge is 0.311 e. The predicted octanol–water partition coefficient (Wildman–Crippen LogP) is 6.95. The molecule has 0 aliphatic heterocycles. The standard InChI is InChI=1S/C24H32O2/c1-4-6-8-13-20(5-2)17-18-23(25)26-22-16-11-12-19(3)24(22)21-14-9-7-10-15-21/h7,9-12,14-16,20H,4-6,8,13,17-18H2,1-3H3. The van der Waals surface area contributed by atoms with Crippen molar-refractivity contribution in [3.8, 4) is 16.9 Å². The van der Waals surface area contributed by atoms with Gasteiger partial charge in [0.25, 0.3) is 0 Å². The molecule has 0 fully saturated rings. The minimum atomic E-state index is -0.123. The average molecular weight is 353 g/mol. The number of aryl methyl sites for hydroxylation is 1. The van der Waals surface area contributed by atoms with Crippen molar-refractivity contribution >= 4 is 5.97 Å². The summed E-state index contributed by atoms with van der Waals surface area (Å²) in [5.74, 6) is 1.17. The Labute approximate surface area is 158 Å². The Morgan fingerprint density at radius 3 is 2.42 bits per heavy atom. The lowest BCUT2D eigenvalue weighted by molar-refractivity contribution is -0.134. The third kappa shape index (κ3) is 6.01. The van der Waals surface area contributed by atoms with Gasteiger partial charge in [-0.2, -0.15) is 0 Å². The Hall–Kier alpha value is -2.09. The van der Waals surface area contributed by atoms with Crippen molar-refractivity contribution in [2.24, 2.45) is 5.92 Å². The Balaban J connectivity index is 2.00. The van der Waals surface area contributed by atoms with Crippen LogP contribution in [0.15, 0.2) is 48.5 Å². The molecule has 0 saturated heterocycles. The fourth-order valence-electron chi connectivity index (χ4n) is 3.43. The Morgan fingerprint density at radius 2 is 1.73 bits per heavy atom. The molecule has 2 rings (SSSR count). The number of hydrogen-bond acceptors (Lipinski definition) is 2. The minimum absolute atomic E-state index is 0.123. The second-order valence-electron chi connectivity index (χ2n) is 7.10. The molecule has 0 aliphatic carbocycles. The molecule has 0 N–H and O–H groups in total. The molecule has 2 aromatic carbocycles. The van der Waals surface area contributed by atoms with Gasteiger partial charge in [-0.05, 0) is 36.5 Å². The lowest BCUT2D eigenvalue weighted by Gasteiger charge is -2.15. The normalized spacial score (nSPS) is 12.0. The number of hydrogen-bond donors (Lipinski definition) is 0. The molecule has 0 saturated carbocycles. The number of esters is 1. The van der Waals surface area contributed by atoms with E-state index in [1.165, 1.54) is 25.7 Å². The Bertz CT molecular complexity index is 676. The fourth-order valence-corrected chi connectivity index (χ4v) is 3.43. The van der Waals surface area contributed by atoms with Gasteiger partial charge in [-0.15, -0.1) is 0 Å². The van der Waals surface area contributed by atoms with Crippen LogP contribution in [0.5, 0.6) is 5.75 Å². The molecule has 26 heavy (non-hydrogen) atoms. The van der Waals surface area contributed by atoms with Crippen molar-refractivity contribution < 1.29 is 9.53 Å². The summed E-state index contributed by atoms with van der Waals surface area (Å²) < 4.78 is 5.76. The summed E-state index contributed by atoms with van der Waals surface area (Å²) in [4.78, 5) is 12.4. The van der Waals surface area contributed by atoms with Gasteiger partial charge < -0.3 is 4.74 Å². The molecule has 0 spiro atoms. The molecule has 140 valence electrons. The third-order valence-electron chi connectivity index (χ3n) is 5.07. The maximum Gasteiger partial charge on any atom is 0.311 e. The van der Waals surface area contributed by atoms with Crippen LogP contribution in [0.4, 0.5) is 0 Å². The highest BCUT2D eigenvalue weighted by molar-refractivity contribution is 5.79. The molecule has 0 bridgehead atoms. The van der Waals surface area contributed by atoms with Gasteiger partial charge in [-0.25, -0.2) is 0 Å². The van der Waals surface area contributed by atoms with Gasteiger partial charge in [-0.3, -0.25) is 4.79 Å². The highest BCUT2D eigenvalue weighted by Crippen LogP contribution is 2.33. The summed E-state index contributed by atoms with van der Waals surface area (Å²) in [5, 5.41) is 0. The maximum atomic E-state index is 12.4. The van der Waals surface area contributed by atoms with Gasteiger partial charge in [0.15, 0.2) is 0 Å². The Morgan fingerprint density at radius 1 is 0.962 bits per heavy atom. The molecule has 2 heteroatoms. The molecule has 1 unspecified atom stereocenters. The number of rotatable bonds is 10. The summed E-state index contributed by atoms with van der Waals surface area (Å²) >= 11 is 0. The van der Waals surface area contributed by atoms with Gasteiger partial charge >= 0.3 is 5.97 Å². The number of carbonyl (C=O) groups is 1. The van der Waals surface area contributed by atoms with Crippen LogP contribution in [0.25, 0.3) is 11.1 Å². The first-order valence-electron chi connectivity index (χ1n) is 10.0. The third-order valence-corrected chi connectivity index (χ3v) is 5.07. The van der Waals surface area contributed by atoms with Gasteiger partial charge in [0.1, 0.15) is 5.75 Å². The van der Waals surface area contributed by atoms with Gasteiger partial charge in [0.2, 0.25) is 0 Å². The highest BCUT2D eigenvalue weighted by atomic mass is 16.5. The van der Waals surface area contributed by atoms with E-state index in [2.05, 4.69) is 39.0 Å². The van der Waals surface area contributed by atoms with E-state index in [1.54, 1.807) is 0 Å². The zero-order chi connectivity index (χ0) is 18.8. The van der Waals surface area contributed by atoms with Crippen LogP contribution in [0.3, 0.4) is 0 Å². The van der Waals surface area contributed by atoms with Gasteiger partial charge in [0.05, 0.1) is 0 Å². The first-order valence-corrected chi connectivity index (χ1v) is 10.0. The Kier molecular flexibility index (Phi) is 8.40. The zero-order valence-corrected chi connectivity index (χ0v) is 16.5. The molecule has 0 radical (unpaired) electrons. The van der Waals surface area contributed by atoms with Crippen LogP contribution in [0.2, 0.25) is 0 Å². The number of unbranched alkanes of at least 4 members (excludes halogenated alkanes) is 2. The molecule has 2 nitrogen and oxygen atoms in total. The van der Waals surface area contributed by atoms with E-state index in [1.807, 2.05) is 30.3 Å². The summed E-state index contributed by atoms with van der Waals surface area (Å²) in [6.45, 7) is 6.50. The van der Waals surface area contributed by atoms with E-state index in [0.29, 0.717) is 18.1 Å². The summed E-state index contributed by atoms with van der Waals surface area (Å²) in [7, 11) is 0. The topological polar surface area (TPSA) is 26.3 Å². The van der Waals surface area contributed by atoms with Crippen LogP contribution >= 0.6 is 0 Å². The molecular weight excluding hydrogens is 320 g/mol. The van der Waals surface area contributed by atoms with E-state index in [0.717, 1.165) is 29.5 Å². The highest BCUT2D eigenvalue weighted by Gasteiger charge is 2.15. The first-order chi connectivity index (χ1) is 12.7. The van der Waals surface area contributed by atoms with E-state index in [-0.39, 0.29) is 5.97 Å². The van der Waals surface area contributed by atoms with E-state index in [4.69, 9.17) is 4.74 Å². The molecule has 0 heterocycles. The summed E-state index contributed by atoms with van der Waals surface area (Å²) in [6, 6.07) is 16.0. The largest absolute Gasteiger partial charge is 0.426 e. The molecule has 0 amide bonds. The van der Waals surface area contributed by atoms with Crippen molar-refractivity contribution in [3.63, 3.8) is 0 Å². The molecular formula is C24H32O2. The van der Waals surface area contributed by atoms with E-state index < -0.39 is 0 Å².